The molecule has 1 radical (unpaired) electrons. The maximum atomic E-state index is 9.62. The fraction of sp³-hybridized carbons (Fsp3) is 0. The van der Waals surface area contributed by atoms with E-state index in [1.165, 1.54) is 6.07 Å². The Bertz CT molecular complexity index is 512. The quantitative estimate of drug-likeness (QED) is 0.810. The van der Waals surface area contributed by atoms with Crippen LogP contribution in [0.15, 0.2) is 36.4 Å². The van der Waals surface area contributed by atoms with Crippen LogP contribution in [0, 0.1) is 0 Å². The largest absolute Gasteiger partial charge is 0.504 e. The van der Waals surface area contributed by atoms with E-state index in [-0.39, 0.29) is 41.1 Å². The summed E-state index contributed by atoms with van der Waals surface area (Å²) in [6.07, 6.45) is 0. The van der Waals surface area contributed by atoms with Gasteiger partial charge in [0.2, 0.25) is 0 Å². The van der Waals surface area contributed by atoms with E-state index in [0.717, 1.165) is 0 Å². The van der Waals surface area contributed by atoms with Crippen molar-refractivity contribution in [3.63, 3.8) is 0 Å². The van der Waals surface area contributed by atoms with Crippen molar-refractivity contribution in [1.29, 1.82) is 0 Å². The molecule has 0 unspecified atom stereocenters. The minimum Gasteiger partial charge on any atom is -0.504 e. The van der Waals surface area contributed by atoms with Gasteiger partial charge >= 0.3 is 0 Å². The summed E-state index contributed by atoms with van der Waals surface area (Å²) >= 11 is 17.4. The predicted molar refractivity (Wildman–Crippen MR) is 75.4 cm³/mol. The Morgan fingerprint density at radius 1 is 0.833 bits per heavy atom. The third-order valence-electron chi connectivity index (χ3n) is 2.03. The van der Waals surface area contributed by atoms with Gasteiger partial charge in [-0.2, -0.15) is 0 Å². The second kappa shape index (κ2) is 6.90. The molecule has 0 aliphatic heterocycles. The zero-order valence-corrected chi connectivity index (χ0v) is 13.7. The molecule has 0 amide bonds. The number of rotatable bonds is 2. The molecule has 2 aromatic rings. The van der Waals surface area contributed by atoms with Crippen molar-refractivity contribution in [2.75, 3.05) is 0 Å². The molecule has 0 aliphatic carbocycles. The standard InChI is InChI=1S/C12H7Cl3O2.Na/c13-7-1-3-11(9(15)5-7)17-12-4-2-8(14)6-10(12)16;/h1-6,16H;. The van der Waals surface area contributed by atoms with Crippen LogP contribution in [0.2, 0.25) is 15.1 Å². The fourth-order valence-corrected chi connectivity index (χ4v) is 1.87. The van der Waals surface area contributed by atoms with Crippen molar-refractivity contribution < 1.29 is 9.84 Å². The van der Waals surface area contributed by atoms with Crippen LogP contribution < -0.4 is 4.74 Å². The van der Waals surface area contributed by atoms with Gasteiger partial charge in [-0.1, -0.05) is 34.8 Å². The van der Waals surface area contributed by atoms with Crippen molar-refractivity contribution in [3.05, 3.63) is 51.5 Å². The topological polar surface area (TPSA) is 29.5 Å². The monoisotopic (exact) mass is 311 g/mol. The normalized spacial score (nSPS) is 9.72. The van der Waals surface area contributed by atoms with E-state index in [4.69, 9.17) is 39.5 Å². The maximum Gasteiger partial charge on any atom is 0.169 e. The van der Waals surface area contributed by atoms with Gasteiger partial charge in [-0.05, 0) is 30.3 Å². The first kappa shape index (κ1) is 16.0. The molecule has 2 aromatic carbocycles. The van der Waals surface area contributed by atoms with E-state index >= 15 is 0 Å². The molecule has 2 nitrogen and oxygen atoms in total. The molecule has 1 N–H and O–H groups in total. The van der Waals surface area contributed by atoms with Crippen molar-refractivity contribution in [3.8, 4) is 17.2 Å². The summed E-state index contributed by atoms with van der Waals surface area (Å²) in [5.74, 6) is 0.635. The molecular weight excluding hydrogens is 305 g/mol. The van der Waals surface area contributed by atoms with Crippen LogP contribution in [0.25, 0.3) is 0 Å². The van der Waals surface area contributed by atoms with Crippen LogP contribution in [-0.4, -0.2) is 34.7 Å². The Morgan fingerprint density at radius 2 is 1.39 bits per heavy atom. The summed E-state index contributed by atoms with van der Waals surface area (Å²) < 4.78 is 5.45. The summed E-state index contributed by atoms with van der Waals surface area (Å²) in [5.41, 5.74) is 0. The summed E-state index contributed by atoms with van der Waals surface area (Å²) in [4.78, 5) is 0. The summed E-state index contributed by atoms with van der Waals surface area (Å²) in [6.45, 7) is 0. The zero-order chi connectivity index (χ0) is 12.4. The summed E-state index contributed by atoms with van der Waals surface area (Å²) in [5, 5.41) is 10.9. The summed E-state index contributed by atoms with van der Waals surface area (Å²) in [6, 6.07) is 9.39. The third-order valence-corrected chi connectivity index (χ3v) is 2.80. The van der Waals surface area contributed by atoms with Gasteiger partial charge in [-0.3, -0.25) is 0 Å². The molecule has 2 rings (SSSR count). The number of halogens is 3. The second-order valence-electron chi connectivity index (χ2n) is 3.29. The summed E-state index contributed by atoms with van der Waals surface area (Å²) in [7, 11) is 0. The third kappa shape index (κ3) is 3.95. The van der Waals surface area contributed by atoms with Gasteiger partial charge in [-0.25, -0.2) is 0 Å². The Hall–Kier alpha value is -0.0900. The van der Waals surface area contributed by atoms with Crippen LogP contribution in [0.1, 0.15) is 0 Å². The van der Waals surface area contributed by atoms with Gasteiger partial charge < -0.3 is 9.84 Å². The van der Waals surface area contributed by atoms with Crippen molar-refractivity contribution in [2.24, 2.45) is 0 Å². The van der Waals surface area contributed by atoms with Crippen molar-refractivity contribution >= 4 is 64.4 Å². The molecule has 89 valence electrons. The van der Waals surface area contributed by atoms with Crippen molar-refractivity contribution in [1.82, 2.24) is 0 Å². The number of phenols is 1. The van der Waals surface area contributed by atoms with E-state index in [2.05, 4.69) is 0 Å². The Labute approximate surface area is 142 Å². The molecule has 0 heterocycles. The minimum absolute atomic E-state index is 0. The number of phenolic OH excluding ortho intramolecular Hbond substituents is 1. The number of hydrogen-bond acceptors (Lipinski definition) is 2. The molecule has 0 aliphatic rings. The number of hydrogen-bond donors (Lipinski definition) is 1. The molecule has 0 spiro atoms. The molecule has 0 aromatic heterocycles. The molecule has 0 saturated carbocycles. The van der Waals surface area contributed by atoms with Crippen LogP contribution in [0.5, 0.6) is 17.2 Å². The number of ether oxygens (including phenoxy) is 1. The molecule has 0 saturated heterocycles. The fourth-order valence-electron chi connectivity index (χ4n) is 1.25. The molecule has 0 bridgehead atoms. The van der Waals surface area contributed by atoms with E-state index in [9.17, 15) is 5.11 Å². The van der Waals surface area contributed by atoms with Crippen LogP contribution >= 0.6 is 34.8 Å². The Morgan fingerprint density at radius 3 is 1.94 bits per heavy atom. The SMILES string of the molecule is Oc1cc(Cl)ccc1Oc1ccc(Cl)cc1Cl.[Na]. The average molecular weight is 313 g/mol. The van der Waals surface area contributed by atoms with Crippen LogP contribution in [0.4, 0.5) is 0 Å². The molecule has 0 atom stereocenters. The zero-order valence-electron chi connectivity index (χ0n) is 9.45. The second-order valence-corrected chi connectivity index (χ2v) is 4.57. The van der Waals surface area contributed by atoms with Crippen molar-refractivity contribution in [2.45, 2.75) is 0 Å². The van der Waals surface area contributed by atoms with Gasteiger partial charge in [0.1, 0.15) is 5.75 Å². The van der Waals surface area contributed by atoms with E-state index in [1.807, 2.05) is 0 Å². The Kier molecular flexibility index (Phi) is 6.12. The van der Waals surface area contributed by atoms with Crippen LogP contribution in [-0.2, 0) is 0 Å². The smallest absolute Gasteiger partial charge is 0.169 e. The molecular formula is C12H7Cl3NaO2. The van der Waals surface area contributed by atoms with Gasteiger partial charge in [-0.15, -0.1) is 0 Å². The average Bonchev–Trinajstić information content (AvgIpc) is 2.25. The maximum absolute atomic E-state index is 9.62. The Balaban J connectivity index is 0.00000162. The van der Waals surface area contributed by atoms with Gasteiger partial charge in [0, 0.05) is 45.7 Å². The first-order valence-corrected chi connectivity index (χ1v) is 5.81. The van der Waals surface area contributed by atoms with Gasteiger partial charge in [0.15, 0.2) is 11.5 Å². The predicted octanol–water partition coefficient (Wildman–Crippen LogP) is 4.76. The molecule has 6 heteroatoms. The van der Waals surface area contributed by atoms with Crippen LogP contribution in [0.3, 0.4) is 0 Å². The van der Waals surface area contributed by atoms with Gasteiger partial charge in [0.05, 0.1) is 5.02 Å². The first-order valence-electron chi connectivity index (χ1n) is 4.67. The molecule has 18 heavy (non-hydrogen) atoms. The minimum atomic E-state index is -0.0523. The van der Waals surface area contributed by atoms with E-state index < -0.39 is 0 Å². The van der Waals surface area contributed by atoms with E-state index in [0.29, 0.717) is 20.8 Å². The first-order chi connectivity index (χ1) is 8.06. The number of aromatic hydroxyl groups is 1. The molecule has 0 fully saturated rings. The van der Waals surface area contributed by atoms with Gasteiger partial charge in [0.25, 0.3) is 0 Å². The number of benzene rings is 2. The van der Waals surface area contributed by atoms with E-state index in [1.54, 1.807) is 30.3 Å².